The van der Waals surface area contributed by atoms with Crippen molar-refractivity contribution >= 4 is 40.5 Å². The second kappa shape index (κ2) is 16.7. The van der Waals surface area contributed by atoms with E-state index in [0.29, 0.717) is 61.4 Å². The molecule has 298 valence electrons. The number of morpholine rings is 1. The Morgan fingerprint density at radius 1 is 0.946 bits per heavy atom. The highest BCUT2D eigenvalue weighted by atomic mass is 16.5. The smallest absolute Gasteiger partial charge is 0.249 e. The number of piperazine rings is 1. The Morgan fingerprint density at radius 3 is 2.32 bits per heavy atom. The molecule has 0 radical (unpaired) electrons. The minimum Gasteiger partial charge on any atom is -0.507 e. The summed E-state index contributed by atoms with van der Waals surface area (Å²) >= 11 is 0. The molecule has 0 spiro atoms. The van der Waals surface area contributed by atoms with E-state index in [9.17, 15) is 19.5 Å². The molecule has 10 N–H and O–H groups in total. The van der Waals surface area contributed by atoms with Crippen molar-refractivity contribution in [2.24, 2.45) is 22.9 Å². The van der Waals surface area contributed by atoms with Gasteiger partial charge >= 0.3 is 0 Å². The molecule has 4 aliphatic heterocycles. The summed E-state index contributed by atoms with van der Waals surface area (Å²) in [7, 11) is 0. The number of carbonyl (C=O) groups is 3. The lowest BCUT2D eigenvalue weighted by Gasteiger charge is -2.54. The van der Waals surface area contributed by atoms with Crippen molar-refractivity contribution in [2.75, 3.05) is 42.6 Å². The van der Waals surface area contributed by atoms with Crippen LogP contribution in [0.15, 0.2) is 66.8 Å². The lowest BCUT2D eigenvalue weighted by atomic mass is 9.78. The van der Waals surface area contributed by atoms with E-state index in [1.807, 2.05) is 12.4 Å². The number of phenolic OH excluding ortho intramolecular Hbond substituents is 1. The van der Waals surface area contributed by atoms with Gasteiger partial charge in [0.05, 0.1) is 43.4 Å². The summed E-state index contributed by atoms with van der Waals surface area (Å²) in [5.41, 5.74) is 29.4. The maximum atomic E-state index is 12.7. The van der Waals surface area contributed by atoms with Gasteiger partial charge in [0.15, 0.2) is 0 Å². The fourth-order valence-corrected chi connectivity index (χ4v) is 9.18. The number of carbonyl (C=O) groups excluding carboxylic acids is 3. The van der Waals surface area contributed by atoms with Crippen molar-refractivity contribution in [3.8, 4) is 5.75 Å². The predicted octanol–water partition coefficient (Wildman–Crippen LogP) is 2.30. The van der Waals surface area contributed by atoms with Gasteiger partial charge in [-0.3, -0.25) is 24.6 Å². The molecule has 3 unspecified atom stereocenters. The number of nitrogens with zero attached hydrogens (tertiary/aromatic N) is 5. The number of allylic oxidation sites excluding steroid dienone is 2. The fraction of sp³-hybridized carbons (Fsp3) is 0.463. The molecular weight excluding hydrogens is 713 g/mol. The molecule has 8 rings (SSSR count). The number of hydrogen-bond donors (Lipinski definition) is 6. The highest BCUT2D eigenvalue weighted by Crippen LogP contribution is 2.43. The molecule has 1 aliphatic carbocycles. The van der Waals surface area contributed by atoms with Gasteiger partial charge in [0.2, 0.25) is 17.7 Å². The zero-order chi connectivity index (χ0) is 39.5. The van der Waals surface area contributed by atoms with E-state index in [4.69, 9.17) is 21.9 Å². The molecule has 3 amide bonds. The van der Waals surface area contributed by atoms with Crippen LogP contribution in [-0.2, 0) is 25.5 Å². The molecular formula is C41H54N10O5. The largest absolute Gasteiger partial charge is 0.507 e. The number of hydrogen-bond acceptors (Lipinski definition) is 12. The number of ether oxygens (including phenoxy) is 1. The molecule has 3 saturated heterocycles. The molecule has 1 saturated carbocycles. The number of anilines is 2. The van der Waals surface area contributed by atoms with E-state index >= 15 is 0 Å². The van der Waals surface area contributed by atoms with Crippen LogP contribution in [0.3, 0.4) is 0 Å². The third-order valence-electron chi connectivity index (χ3n) is 11.9. The molecule has 56 heavy (non-hydrogen) atoms. The van der Waals surface area contributed by atoms with Crippen LogP contribution in [0.25, 0.3) is 11.4 Å². The van der Waals surface area contributed by atoms with Crippen LogP contribution in [0.5, 0.6) is 5.75 Å². The fourth-order valence-electron chi connectivity index (χ4n) is 9.18. The quantitative estimate of drug-likeness (QED) is 0.144. The SMILES string of the molecule is CCC(N)=O.NC(N)=C(/C=C(\N)c1ccccc1O)n1cc(N2CC3COCC(C2)N3C2CCC(c3cccc4c3CCN4C3CCC(=O)NC3=O)CC2)cn1. The Bertz CT molecular complexity index is 1980. The van der Waals surface area contributed by atoms with E-state index in [0.717, 1.165) is 57.4 Å². The van der Waals surface area contributed by atoms with E-state index in [1.165, 1.54) is 16.8 Å². The standard InChI is InChI=1S/C38H47N9O4.C3H7NO/c39-31(30-4-1-2-7-35(30)48)16-34(37(40)41)46-20-25(17-42-46)44-18-26-21-51-22-27(19-44)47(26)24-10-8-23(9-11-24)28-5-3-6-32-29(28)14-15-45(32)33-12-13-36(49)43-38(33)50;1-2-3(4)5/h1-7,16-17,20,23-24,26-27,33,48H,8-15,18-19,21-22,39-41H2,(H,43,49,50);2H2,1H3,(H2,4,5)/b31-16-;. The molecule has 2 aromatic carbocycles. The number of aromatic nitrogens is 2. The van der Waals surface area contributed by atoms with Gasteiger partial charge in [-0.2, -0.15) is 5.10 Å². The Kier molecular flexibility index (Phi) is 11.5. The van der Waals surface area contributed by atoms with Crippen molar-refractivity contribution in [2.45, 2.75) is 88.4 Å². The minimum atomic E-state index is -0.271. The van der Waals surface area contributed by atoms with Crippen LogP contribution in [0, 0.1) is 0 Å². The van der Waals surface area contributed by atoms with Crippen molar-refractivity contribution < 1.29 is 24.2 Å². The number of aromatic hydroxyl groups is 1. The predicted molar refractivity (Wildman–Crippen MR) is 215 cm³/mol. The number of para-hydroxylation sites is 1. The Labute approximate surface area is 327 Å². The van der Waals surface area contributed by atoms with Gasteiger partial charge in [-0.1, -0.05) is 31.2 Å². The summed E-state index contributed by atoms with van der Waals surface area (Å²) in [6, 6.07) is 14.2. The third kappa shape index (κ3) is 8.05. The average Bonchev–Trinajstić information content (AvgIpc) is 3.85. The number of imide groups is 1. The van der Waals surface area contributed by atoms with E-state index in [2.05, 4.69) is 49.0 Å². The number of amides is 3. The number of rotatable bonds is 8. The Hall–Kier alpha value is -5.54. The highest BCUT2D eigenvalue weighted by molar-refractivity contribution is 6.02. The van der Waals surface area contributed by atoms with E-state index in [-0.39, 0.29) is 47.4 Å². The summed E-state index contributed by atoms with van der Waals surface area (Å²) in [5, 5.41) is 17.4. The van der Waals surface area contributed by atoms with Gasteiger partial charge in [0.25, 0.3) is 0 Å². The third-order valence-corrected chi connectivity index (χ3v) is 11.9. The van der Waals surface area contributed by atoms with Crippen molar-refractivity contribution in [1.82, 2.24) is 20.0 Å². The normalized spacial score (nSPS) is 25.2. The van der Waals surface area contributed by atoms with Crippen LogP contribution < -0.4 is 38.1 Å². The summed E-state index contributed by atoms with van der Waals surface area (Å²) in [6.07, 6.45) is 12.3. The van der Waals surface area contributed by atoms with Crippen LogP contribution in [0.4, 0.5) is 11.4 Å². The summed E-state index contributed by atoms with van der Waals surface area (Å²) in [4.78, 5) is 41.4. The minimum absolute atomic E-state index is 0.0702. The van der Waals surface area contributed by atoms with Crippen LogP contribution in [-0.4, -0.2) is 94.5 Å². The Balaban J connectivity index is 0.000000905. The maximum absolute atomic E-state index is 12.7. The number of fused-ring (bicyclic) bond motifs is 3. The number of nitrogens with two attached hydrogens (primary N) is 4. The van der Waals surface area contributed by atoms with Gasteiger partial charge in [0.1, 0.15) is 23.3 Å². The molecule has 15 heteroatoms. The van der Waals surface area contributed by atoms with Gasteiger partial charge in [-0.05, 0) is 79.8 Å². The number of primary amides is 1. The topological polar surface area (TPSA) is 224 Å². The Morgan fingerprint density at radius 2 is 1.66 bits per heavy atom. The molecule has 1 aromatic heterocycles. The lowest BCUT2D eigenvalue weighted by molar-refractivity contribution is -0.134. The maximum Gasteiger partial charge on any atom is 0.249 e. The van der Waals surface area contributed by atoms with Crippen molar-refractivity contribution in [3.63, 3.8) is 0 Å². The van der Waals surface area contributed by atoms with Gasteiger partial charge in [-0.15, -0.1) is 0 Å². The zero-order valence-electron chi connectivity index (χ0n) is 32.0. The number of piperidine rings is 1. The first-order valence-corrected chi connectivity index (χ1v) is 19.7. The molecule has 5 aliphatic rings. The van der Waals surface area contributed by atoms with Gasteiger partial charge in [-0.25, -0.2) is 4.68 Å². The zero-order valence-corrected chi connectivity index (χ0v) is 32.0. The number of nitrogens with one attached hydrogen (secondary N) is 1. The highest BCUT2D eigenvalue weighted by Gasteiger charge is 2.44. The molecule has 4 fully saturated rings. The summed E-state index contributed by atoms with van der Waals surface area (Å²) in [6.45, 7) is 5.60. The molecule has 5 heterocycles. The number of phenols is 1. The first-order chi connectivity index (χ1) is 27.0. The van der Waals surface area contributed by atoms with Gasteiger partial charge in [0, 0.05) is 55.5 Å². The van der Waals surface area contributed by atoms with E-state index < -0.39 is 0 Å². The molecule has 3 aromatic rings. The van der Waals surface area contributed by atoms with Crippen molar-refractivity contribution in [1.29, 1.82) is 0 Å². The molecule has 3 atom stereocenters. The average molecular weight is 767 g/mol. The first kappa shape index (κ1) is 38.7. The monoisotopic (exact) mass is 766 g/mol. The second-order valence-electron chi connectivity index (χ2n) is 15.4. The van der Waals surface area contributed by atoms with Crippen LogP contribution >= 0.6 is 0 Å². The second-order valence-corrected chi connectivity index (χ2v) is 15.4. The summed E-state index contributed by atoms with van der Waals surface area (Å²) in [5.74, 6) is 0.0661. The first-order valence-electron chi connectivity index (χ1n) is 19.7. The van der Waals surface area contributed by atoms with Crippen LogP contribution in [0.1, 0.15) is 74.5 Å². The van der Waals surface area contributed by atoms with E-state index in [1.54, 1.807) is 41.9 Å². The lowest BCUT2D eigenvalue weighted by Crippen LogP contribution is -2.67. The molecule has 2 bridgehead atoms. The summed E-state index contributed by atoms with van der Waals surface area (Å²) < 4.78 is 7.74. The molecule has 15 nitrogen and oxygen atoms in total. The van der Waals surface area contributed by atoms with Gasteiger partial charge < -0.3 is 42.6 Å². The van der Waals surface area contributed by atoms with Crippen molar-refractivity contribution in [3.05, 3.63) is 83.4 Å². The number of benzene rings is 2. The van der Waals surface area contributed by atoms with Crippen LogP contribution in [0.2, 0.25) is 0 Å².